The third kappa shape index (κ3) is 6.80. The van der Waals surface area contributed by atoms with Crippen LogP contribution in [-0.4, -0.2) is 34.6 Å². The van der Waals surface area contributed by atoms with Crippen LogP contribution in [0.3, 0.4) is 0 Å². The maximum absolute atomic E-state index is 13.2. The predicted molar refractivity (Wildman–Crippen MR) is 134 cm³/mol. The van der Waals surface area contributed by atoms with Crippen molar-refractivity contribution in [2.75, 3.05) is 5.75 Å². The van der Waals surface area contributed by atoms with Gasteiger partial charge in [-0.05, 0) is 49.1 Å². The zero-order valence-electron chi connectivity index (χ0n) is 18.0. The van der Waals surface area contributed by atoms with E-state index in [0.717, 1.165) is 36.8 Å². The minimum Gasteiger partial charge on any atom is -0.352 e. The molecule has 1 aliphatic carbocycles. The second-order valence-corrected chi connectivity index (χ2v) is 10.2. The fourth-order valence-electron chi connectivity index (χ4n) is 3.78. The van der Waals surface area contributed by atoms with Crippen LogP contribution in [0.5, 0.6) is 0 Å². The molecule has 1 atom stereocenters. The van der Waals surface area contributed by atoms with Gasteiger partial charge in [0.05, 0.1) is 5.75 Å². The molecule has 0 aliphatic heterocycles. The van der Waals surface area contributed by atoms with Crippen molar-refractivity contribution >= 4 is 58.4 Å². The number of rotatable bonds is 9. The average Bonchev–Trinajstić information content (AvgIpc) is 3.27. The standard InChI is InChI=1S/C24H27Cl3N2O2S/c1-16(24(31)28-18-8-3-4-9-18)29(13-17-7-2-5-10-20(17)25)23(30)15-32-14-19-21(26)11-6-12-22(19)27/h2,5-7,10-12,16,18H,3-4,8-9,13-15H2,1H3,(H,28,31)/t16-/m1/s1. The van der Waals surface area contributed by atoms with E-state index < -0.39 is 6.04 Å². The molecule has 0 radical (unpaired) electrons. The van der Waals surface area contributed by atoms with E-state index in [2.05, 4.69) is 5.32 Å². The highest BCUT2D eigenvalue weighted by atomic mass is 35.5. The van der Waals surface area contributed by atoms with Gasteiger partial charge in [-0.3, -0.25) is 9.59 Å². The van der Waals surface area contributed by atoms with Crippen molar-refractivity contribution in [2.24, 2.45) is 0 Å². The van der Waals surface area contributed by atoms with Crippen LogP contribution in [0.2, 0.25) is 15.1 Å². The number of halogens is 3. The Morgan fingerprint density at radius 1 is 1.03 bits per heavy atom. The lowest BCUT2D eigenvalue weighted by Gasteiger charge is -2.30. The number of amides is 2. The van der Waals surface area contributed by atoms with E-state index in [1.54, 1.807) is 36.1 Å². The van der Waals surface area contributed by atoms with Crippen LogP contribution in [0.25, 0.3) is 0 Å². The van der Waals surface area contributed by atoms with E-state index in [1.807, 2.05) is 18.2 Å². The van der Waals surface area contributed by atoms with Gasteiger partial charge in [0.1, 0.15) is 6.04 Å². The van der Waals surface area contributed by atoms with Gasteiger partial charge in [-0.15, -0.1) is 11.8 Å². The Labute approximate surface area is 209 Å². The molecule has 0 unspecified atom stereocenters. The summed E-state index contributed by atoms with van der Waals surface area (Å²) in [7, 11) is 0. The lowest BCUT2D eigenvalue weighted by atomic mass is 10.1. The molecule has 0 aromatic heterocycles. The summed E-state index contributed by atoms with van der Waals surface area (Å²) in [6.45, 7) is 2.04. The summed E-state index contributed by atoms with van der Waals surface area (Å²) in [6, 6.07) is 12.3. The summed E-state index contributed by atoms with van der Waals surface area (Å²) in [5.41, 5.74) is 1.61. The van der Waals surface area contributed by atoms with Crippen LogP contribution >= 0.6 is 46.6 Å². The van der Waals surface area contributed by atoms with Crippen molar-refractivity contribution in [3.05, 3.63) is 68.7 Å². The second-order valence-electron chi connectivity index (χ2n) is 7.97. The molecular formula is C24H27Cl3N2O2S. The van der Waals surface area contributed by atoms with Gasteiger partial charge in [0, 0.05) is 33.4 Å². The highest BCUT2D eigenvalue weighted by Crippen LogP contribution is 2.29. The van der Waals surface area contributed by atoms with E-state index in [9.17, 15) is 9.59 Å². The first kappa shape index (κ1) is 25.2. The van der Waals surface area contributed by atoms with Gasteiger partial charge in [0.15, 0.2) is 0 Å². The number of carbonyl (C=O) groups excluding carboxylic acids is 2. The SMILES string of the molecule is C[C@H](C(=O)NC1CCCC1)N(Cc1ccccc1Cl)C(=O)CSCc1c(Cl)cccc1Cl. The molecule has 1 saturated carbocycles. The van der Waals surface area contributed by atoms with E-state index in [1.165, 1.54) is 11.8 Å². The molecule has 2 aromatic carbocycles. The molecule has 8 heteroatoms. The molecule has 2 aromatic rings. The van der Waals surface area contributed by atoms with Crippen molar-refractivity contribution in [3.63, 3.8) is 0 Å². The van der Waals surface area contributed by atoms with Crippen LogP contribution < -0.4 is 5.32 Å². The van der Waals surface area contributed by atoms with Gasteiger partial charge >= 0.3 is 0 Å². The van der Waals surface area contributed by atoms with Gasteiger partial charge in [-0.25, -0.2) is 0 Å². The number of benzene rings is 2. The smallest absolute Gasteiger partial charge is 0.242 e. The van der Waals surface area contributed by atoms with E-state index in [0.29, 0.717) is 20.8 Å². The quantitative estimate of drug-likeness (QED) is 0.425. The maximum Gasteiger partial charge on any atom is 0.242 e. The van der Waals surface area contributed by atoms with Crippen molar-refractivity contribution in [2.45, 2.75) is 57.0 Å². The highest BCUT2D eigenvalue weighted by molar-refractivity contribution is 7.99. The Hall–Kier alpha value is -1.40. The van der Waals surface area contributed by atoms with Crippen LogP contribution in [0, 0.1) is 0 Å². The topological polar surface area (TPSA) is 49.4 Å². The summed E-state index contributed by atoms with van der Waals surface area (Å²) in [4.78, 5) is 27.7. The molecule has 32 heavy (non-hydrogen) atoms. The molecule has 0 saturated heterocycles. The van der Waals surface area contributed by atoms with Crippen molar-refractivity contribution < 1.29 is 9.59 Å². The largest absolute Gasteiger partial charge is 0.352 e. The number of hydrogen-bond acceptors (Lipinski definition) is 3. The summed E-state index contributed by atoms with van der Waals surface area (Å²) >= 11 is 20.3. The van der Waals surface area contributed by atoms with Gasteiger partial charge in [0.25, 0.3) is 0 Å². The lowest BCUT2D eigenvalue weighted by Crippen LogP contribution is -2.50. The van der Waals surface area contributed by atoms with Crippen molar-refractivity contribution in [3.8, 4) is 0 Å². The molecule has 1 aliphatic rings. The number of nitrogens with zero attached hydrogens (tertiary/aromatic N) is 1. The zero-order chi connectivity index (χ0) is 23.1. The Balaban J connectivity index is 1.69. The minimum atomic E-state index is -0.608. The number of thioether (sulfide) groups is 1. The Bertz CT molecular complexity index is 930. The van der Waals surface area contributed by atoms with Gasteiger partial charge in [-0.1, -0.05) is 71.9 Å². The molecule has 1 N–H and O–H groups in total. The van der Waals surface area contributed by atoms with Crippen LogP contribution in [0.1, 0.15) is 43.7 Å². The van der Waals surface area contributed by atoms with Crippen LogP contribution in [-0.2, 0) is 21.9 Å². The lowest BCUT2D eigenvalue weighted by molar-refractivity contribution is -0.138. The predicted octanol–water partition coefficient (Wildman–Crippen LogP) is 6.36. The highest BCUT2D eigenvalue weighted by Gasteiger charge is 2.28. The molecule has 2 amide bonds. The zero-order valence-corrected chi connectivity index (χ0v) is 21.0. The van der Waals surface area contributed by atoms with E-state index >= 15 is 0 Å². The Kier molecular flexibility index (Phi) is 9.60. The van der Waals surface area contributed by atoms with Gasteiger partial charge in [0.2, 0.25) is 11.8 Å². The minimum absolute atomic E-state index is 0.128. The summed E-state index contributed by atoms with van der Waals surface area (Å²) in [5.74, 6) is 0.448. The van der Waals surface area contributed by atoms with Crippen LogP contribution in [0.15, 0.2) is 42.5 Å². The Morgan fingerprint density at radius 3 is 2.31 bits per heavy atom. The molecule has 1 fully saturated rings. The first-order valence-corrected chi connectivity index (χ1v) is 13.0. The summed E-state index contributed by atoms with van der Waals surface area (Å²) < 4.78 is 0. The van der Waals surface area contributed by atoms with Crippen LogP contribution in [0.4, 0.5) is 0 Å². The fourth-order valence-corrected chi connectivity index (χ4v) is 5.62. The monoisotopic (exact) mass is 512 g/mol. The Morgan fingerprint density at radius 2 is 1.66 bits per heavy atom. The number of carbonyl (C=O) groups is 2. The van der Waals surface area contributed by atoms with Crippen molar-refractivity contribution in [1.82, 2.24) is 10.2 Å². The molecule has 0 heterocycles. The summed E-state index contributed by atoms with van der Waals surface area (Å²) in [6.07, 6.45) is 4.24. The van der Waals surface area contributed by atoms with Crippen molar-refractivity contribution in [1.29, 1.82) is 0 Å². The summed E-state index contributed by atoms with van der Waals surface area (Å²) in [5, 5.41) is 4.83. The molecule has 3 rings (SSSR count). The first-order valence-electron chi connectivity index (χ1n) is 10.7. The average molecular weight is 514 g/mol. The second kappa shape index (κ2) is 12.2. The third-order valence-corrected chi connectivity index (χ3v) is 7.72. The normalized spacial score (nSPS) is 14.9. The molecule has 172 valence electrons. The molecule has 0 spiro atoms. The maximum atomic E-state index is 13.2. The number of nitrogens with one attached hydrogen (secondary N) is 1. The third-order valence-electron chi connectivity index (χ3n) is 5.70. The van der Waals surface area contributed by atoms with Gasteiger partial charge in [-0.2, -0.15) is 0 Å². The fraction of sp³-hybridized carbons (Fsp3) is 0.417. The first-order chi connectivity index (χ1) is 15.4. The van der Waals surface area contributed by atoms with Gasteiger partial charge < -0.3 is 10.2 Å². The van der Waals surface area contributed by atoms with E-state index in [4.69, 9.17) is 34.8 Å². The molecular weight excluding hydrogens is 487 g/mol. The number of hydrogen-bond donors (Lipinski definition) is 1. The van der Waals surface area contributed by atoms with E-state index in [-0.39, 0.29) is 30.2 Å². The molecule has 0 bridgehead atoms. The molecule has 4 nitrogen and oxygen atoms in total.